The van der Waals surface area contributed by atoms with E-state index in [4.69, 9.17) is 0 Å². The van der Waals surface area contributed by atoms with Crippen molar-refractivity contribution < 1.29 is 9.59 Å². The molecule has 0 saturated carbocycles. The summed E-state index contributed by atoms with van der Waals surface area (Å²) in [5, 5.41) is 5.94. The molecule has 3 aromatic rings. The summed E-state index contributed by atoms with van der Waals surface area (Å²) in [6.07, 6.45) is 0.194. The van der Waals surface area contributed by atoms with E-state index in [9.17, 15) is 9.59 Å². The molecule has 2 N–H and O–H groups in total. The molecule has 0 spiro atoms. The van der Waals surface area contributed by atoms with E-state index in [0.717, 1.165) is 16.7 Å². The topological polar surface area (TPSA) is 58.2 Å². The highest BCUT2D eigenvalue weighted by Crippen LogP contribution is 2.24. The van der Waals surface area contributed by atoms with Crippen LogP contribution in [0.3, 0.4) is 0 Å². The first-order chi connectivity index (χ1) is 14.1. The smallest absolute Gasteiger partial charge is 0.222 e. The van der Waals surface area contributed by atoms with Crippen LogP contribution >= 0.6 is 0 Å². The van der Waals surface area contributed by atoms with Crippen LogP contribution in [-0.4, -0.2) is 18.4 Å². The third-order valence-corrected chi connectivity index (χ3v) is 4.88. The number of carbonyl (C=O) groups is 2. The van der Waals surface area contributed by atoms with E-state index >= 15 is 0 Å². The first-order valence-electron chi connectivity index (χ1n) is 9.82. The Hall–Kier alpha value is -3.40. The molecule has 0 aliphatic rings. The Kier molecular flexibility index (Phi) is 7.17. The molecule has 1 unspecified atom stereocenters. The number of hydrogen-bond donors (Lipinski definition) is 2. The van der Waals surface area contributed by atoms with E-state index in [1.54, 1.807) is 0 Å². The summed E-state index contributed by atoms with van der Waals surface area (Å²) in [5.41, 5.74) is 3.22. The quantitative estimate of drug-likeness (QED) is 0.609. The molecular weight excluding hydrogens is 360 g/mol. The average molecular weight is 386 g/mol. The van der Waals surface area contributed by atoms with Gasteiger partial charge >= 0.3 is 0 Å². The Labute approximate surface area is 172 Å². The highest BCUT2D eigenvalue weighted by Gasteiger charge is 2.19. The van der Waals surface area contributed by atoms with Gasteiger partial charge in [0, 0.05) is 19.4 Å². The van der Waals surface area contributed by atoms with Gasteiger partial charge in [0.2, 0.25) is 11.8 Å². The van der Waals surface area contributed by atoms with Gasteiger partial charge in [0.1, 0.15) is 0 Å². The monoisotopic (exact) mass is 386 g/mol. The van der Waals surface area contributed by atoms with Gasteiger partial charge in [-0.15, -0.1) is 0 Å². The molecule has 2 amide bonds. The Morgan fingerprint density at radius 1 is 0.724 bits per heavy atom. The van der Waals surface area contributed by atoms with Gasteiger partial charge in [-0.25, -0.2) is 0 Å². The summed E-state index contributed by atoms with van der Waals surface area (Å²) < 4.78 is 0. The SMILES string of the molecule is CC(=O)NC(CC(=O)NCC(c1ccccc1)c1ccccc1)c1ccccc1. The van der Waals surface area contributed by atoms with Crippen LogP contribution in [0.2, 0.25) is 0 Å². The molecule has 0 bridgehead atoms. The molecule has 0 radical (unpaired) electrons. The molecule has 1 atom stereocenters. The van der Waals surface area contributed by atoms with Crippen molar-refractivity contribution in [1.82, 2.24) is 10.6 Å². The summed E-state index contributed by atoms with van der Waals surface area (Å²) in [7, 11) is 0. The van der Waals surface area contributed by atoms with Gasteiger partial charge in [0.15, 0.2) is 0 Å². The van der Waals surface area contributed by atoms with Crippen molar-refractivity contribution in [2.24, 2.45) is 0 Å². The van der Waals surface area contributed by atoms with Crippen molar-refractivity contribution in [1.29, 1.82) is 0 Å². The van der Waals surface area contributed by atoms with Crippen molar-refractivity contribution in [3.63, 3.8) is 0 Å². The van der Waals surface area contributed by atoms with Crippen molar-refractivity contribution in [3.05, 3.63) is 108 Å². The Balaban J connectivity index is 1.70. The largest absolute Gasteiger partial charge is 0.355 e. The molecule has 0 aromatic heterocycles. The zero-order valence-corrected chi connectivity index (χ0v) is 16.5. The van der Waals surface area contributed by atoms with Crippen molar-refractivity contribution in [2.45, 2.75) is 25.3 Å². The van der Waals surface area contributed by atoms with Crippen LogP contribution in [-0.2, 0) is 9.59 Å². The summed E-state index contributed by atoms with van der Waals surface area (Å²) >= 11 is 0. The Morgan fingerprint density at radius 3 is 1.62 bits per heavy atom. The molecule has 0 fully saturated rings. The van der Waals surface area contributed by atoms with E-state index in [2.05, 4.69) is 34.9 Å². The van der Waals surface area contributed by atoms with Crippen LogP contribution in [0.4, 0.5) is 0 Å². The fourth-order valence-corrected chi connectivity index (χ4v) is 3.46. The molecule has 0 saturated heterocycles. The predicted octanol–water partition coefficient (Wildman–Crippen LogP) is 4.20. The maximum Gasteiger partial charge on any atom is 0.222 e. The number of hydrogen-bond acceptors (Lipinski definition) is 2. The van der Waals surface area contributed by atoms with Crippen LogP contribution in [0.25, 0.3) is 0 Å². The summed E-state index contributed by atoms with van der Waals surface area (Å²) in [5.74, 6) is -0.181. The van der Waals surface area contributed by atoms with E-state index in [1.807, 2.05) is 66.7 Å². The van der Waals surface area contributed by atoms with Crippen molar-refractivity contribution >= 4 is 11.8 Å². The second-order valence-corrected chi connectivity index (χ2v) is 7.05. The maximum atomic E-state index is 12.7. The van der Waals surface area contributed by atoms with Gasteiger partial charge in [-0.3, -0.25) is 9.59 Å². The van der Waals surface area contributed by atoms with Crippen molar-refractivity contribution in [2.75, 3.05) is 6.54 Å². The zero-order chi connectivity index (χ0) is 20.5. The summed E-state index contributed by atoms with van der Waals surface area (Å²) in [6, 6.07) is 29.5. The molecule has 0 aliphatic carbocycles. The van der Waals surface area contributed by atoms with Crippen molar-refractivity contribution in [3.8, 4) is 0 Å². The number of carbonyl (C=O) groups excluding carboxylic acids is 2. The van der Waals surface area contributed by atoms with E-state index in [0.29, 0.717) is 6.54 Å². The Bertz CT molecular complexity index is 872. The first kappa shape index (κ1) is 20.3. The second-order valence-electron chi connectivity index (χ2n) is 7.05. The molecule has 29 heavy (non-hydrogen) atoms. The highest BCUT2D eigenvalue weighted by molar-refractivity contribution is 5.79. The van der Waals surface area contributed by atoms with E-state index in [-0.39, 0.29) is 30.2 Å². The van der Waals surface area contributed by atoms with Gasteiger partial charge in [0.05, 0.1) is 12.5 Å². The third kappa shape index (κ3) is 6.04. The van der Waals surface area contributed by atoms with Crippen LogP contribution < -0.4 is 10.6 Å². The molecule has 3 rings (SSSR count). The Morgan fingerprint density at radius 2 is 1.17 bits per heavy atom. The lowest BCUT2D eigenvalue weighted by Gasteiger charge is -2.21. The number of benzene rings is 3. The van der Waals surface area contributed by atoms with E-state index < -0.39 is 0 Å². The fourth-order valence-electron chi connectivity index (χ4n) is 3.46. The first-order valence-corrected chi connectivity index (χ1v) is 9.82. The maximum absolute atomic E-state index is 12.7. The zero-order valence-electron chi connectivity index (χ0n) is 16.5. The normalized spacial score (nSPS) is 11.7. The molecule has 4 nitrogen and oxygen atoms in total. The average Bonchev–Trinajstić information content (AvgIpc) is 2.75. The molecule has 0 aliphatic heterocycles. The minimum atomic E-state index is -0.347. The third-order valence-electron chi connectivity index (χ3n) is 4.88. The number of nitrogens with one attached hydrogen (secondary N) is 2. The molecule has 4 heteroatoms. The predicted molar refractivity (Wildman–Crippen MR) is 115 cm³/mol. The van der Waals surface area contributed by atoms with Crippen LogP contribution in [0.5, 0.6) is 0 Å². The van der Waals surface area contributed by atoms with Crippen LogP contribution in [0.1, 0.15) is 42.0 Å². The molecule has 0 heterocycles. The lowest BCUT2D eigenvalue weighted by Crippen LogP contribution is -2.34. The molecule has 148 valence electrons. The highest BCUT2D eigenvalue weighted by atomic mass is 16.2. The van der Waals surface area contributed by atoms with Gasteiger partial charge in [0.25, 0.3) is 0 Å². The minimum Gasteiger partial charge on any atom is -0.355 e. The summed E-state index contributed by atoms with van der Waals surface area (Å²) in [6.45, 7) is 1.96. The van der Waals surface area contributed by atoms with Crippen LogP contribution in [0, 0.1) is 0 Å². The van der Waals surface area contributed by atoms with Crippen LogP contribution in [0.15, 0.2) is 91.0 Å². The van der Waals surface area contributed by atoms with Gasteiger partial charge in [-0.05, 0) is 16.7 Å². The van der Waals surface area contributed by atoms with Gasteiger partial charge in [-0.1, -0.05) is 91.0 Å². The second kappa shape index (κ2) is 10.2. The molecule has 3 aromatic carbocycles. The van der Waals surface area contributed by atoms with Gasteiger partial charge < -0.3 is 10.6 Å². The fraction of sp³-hybridized carbons (Fsp3) is 0.200. The van der Waals surface area contributed by atoms with E-state index in [1.165, 1.54) is 6.92 Å². The lowest BCUT2D eigenvalue weighted by atomic mass is 9.91. The number of rotatable bonds is 8. The minimum absolute atomic E-state index is 0.0669. The lowest BCUT2D eigenvalue weighted by molar-refractivity contribution is -0.122. The van der Waals surface area contributed by atoms with Gasteiger partial charge in [-0.2, -0.15) is 0 Å². The standard InChI is InChI=1S/C25H26N2O2/c1-19(28)27-24(22-15-9-4-10-16-22)17-25(29)26-18-23(20-11-5-2-6-12-20)21-13-7-3-8-14-21/h2-16,23-24H,17-18H2,1H3,(H,26,29)(H,27,28). The molecular formula is C25H26N2O2. The summed E-state index contributed by atoms with van der Waals surface area (Å²) in [4.78, 5) is 24.3. The number of amides is 2.